The highest BCUT2D eigenvalue weighted by molar-refractivity contribution is 7.92. The summed E-state index contributed by atoms with van der Waals surface area (Å²) < 4.78 is 25.4. The van der Waals surface area contributed by atoms with Crippen LogP contribution < -0.4 is 9.62 Å². The fourth-order valence-electron chi connectivity index (χ4n) is 2.88. The van der Waals surface area contributed by atoms with Crippen LogP contribution in [0.5, 0.6) is 0 Å². The molecule has 0 radical (unpaired) electrons. The largest absolute Gasteiger partial charge is 0.302 e. The number of fused-ring (bicyclic) bond motifs is 1. The SMILES string of the molecule is CC(=O)Nc1nc(-c2ccc3c(c2)CC(C)N3S(C)(=O)=O)cs1. The second-order valence-corrected chi connectivity index (χ2v) is 8.39. The number of sulfonamides is 1. The normalized spacial score (nSPS) is 17.2. The molecule has 1 N–H and O–H groups in total. The van der Waals surface area contributed by atoms with Gasteiger partial charge in [0.1, 0.15) is 0 Å². The number of thiazole rings is 1. The molecule has 1 aliphatic rings. The second kappa shape index (κ2) is 5.61. The van der Waals surface area contributed by atoms with E-state index in [1.54, 1.807) is 0 Å². The maximum absolute atomic E-state index is 11.9. The van der Waals surface area contributed by atoms with E-state index < -0.39 is 10.0 Å². The predicted molar refractivity (Wildman–Crippen MR) is 92.3 cm³/mol. The number of amides is 1. The van der Waals surface area contributed by atoms with E-state index in [9.17, 15) is 13.2 Å². The number of nitrogens with one attached hydrogen (secondary N) is 1. The van der Waals surface area contributed by atoms with Crippen LogP contribution in [0.1, 0.15) is 19.4 Å². The number of hydrogen-bond acceptors (Lipinski definition) is 5. The van der Waals surface area contributed by atoms with E-state index in [4.69, 9.17) is 0 Å². The first-order valence-electron chi connectivity index (χ1n) is 7.11. The fraction of sp³-hybridized carbons (Fsp3) is 0.333. The zero-order chi connectivity index (χ0) is 16.8. The minimum Gasteiger partial charge on any atom is -0.302 e. The first-order chi connectivity index (χ1) is 10.8. The maximum atomic E-state index is 11.9. The van der Waals surface area contributed by atoms with E-state index in [1.807, 2.05) is 30.5 Å². The number of rotatable bonds is 3. The molecule has 1 aromatic carbocycles. The van der Waals surface area contributed by atoms with E-state index in [-0.39, 0.29) is 11.9 Å². The second-order valence-electron chi connectivity index (χ2n) is 5.67. The summed E-state index contributed by atoms with van der Waals surface area (Å²) in [5, 5.41) is 5.09. The van der Waals surface area contributed by atoms with Crippen LogP contribution in [0.4, 0.5) is 10.8 Å². The summed E-state index contributed by atoms with van der Waals surface area (Å²) in [6.45, 7) is 3.34. The Morgan fingerprint density at radius 2 is 2.17 bits per heavy atom. The molecular formula is C15H17N3O3S2. The van der Waals surface area contributed by atoms with Gasteiger partial charge in [0.05, 0.1) is 17.6 Å². The first kappa shape index (κ1) is 15.9. The third-order valence-corrected chi connectivity index (χ3v) is 5.70. The van der Waals surface area contributed by atoms with Gasteiger partial charge in [-0.15, -0.1) is 11.3 Å². The maximum Gasteiger partial charge on any atom is 0.232 e. The summed E-state index contributed by atoms with van der Waals surface area (Å²) in [7, 11) is -3.28. The van der Waals surface area contributed by atoms with E-state index in [1.165, 1.54) is 28.8 Å². The van der Waals surface area contributed by atoms with Crippen molar-refractivity contribution in [2.75, 3.05) is 15.9 Å². The van der Waals surface area contributed by atoms with E-state index in [0.717, 1.165) is 22.5 Å². The Balaban J connectivity index is 1.95. The standard InChI is InChI=1S/C15H17N3O3S2/c1-9-6-12-7-11(4-5-14(12)18(9)23(3,20)21)13-8-22-15(17-13)16-10(2)19/h4-5,7-9H,6H2,1-3H3,(H,16,17,19). The Bertz CT molecular complexity index is 874. The molecule has 2 heterocycles. The van der Waals surface area contributed by atoms with Crippen molar-refractivity contribution < 1.29 is 13.2 Å². The van der Waals surface area contributed by atoms with Gasteiger partial charge in [0.15, 0.2) is 5.13 Å². The van der Waals surface area contributed by atoms with Crippen molar-refractivity contribution in [3.05, 3.63) is 29.1 Å². The molecule has 1 aromatic heterocycles. The quantitative estimate of drug-likeness (QED) is 0.921. The van der Waals surface area contributed by atoms with Crippen molar-refractivity contribution >= 4 is 38.1 Å². The van der Waals surface area contributed by atoms with Gasteiger partial charge in [-0.3, -0.25) is 9.10 Å². The summed E-state index contributed by atoms with van der Waals surface area (Å²) in [6.07, 6.45) is 1.91. The lowest BCUT2D eigenvalue weighted by Gasteiger charge is -2.21. The third kappa shape index (κ3) is 3.09. The lowest BCUT2D eigenvalue weighted by Crippen LogP contribution is -2.34. The zero-order valence-corrected chi connectivity index (χ0v) is 14.7. The van der Waals surface area contributed by atoms with Crippen molar-refractivity contribution in [2.45, 2.75) is 26.3 Å². The molecule has 23 heavy (non-hydrogen) atoms. The molecule has 0 saturated heterocycles. The van der Waals surface area contributed by atoms with Crippen LogP contribution in [-0.2, 0) is 21.2 Å². The van der Waals surface area contributed by atoms with Crippen LogP contribution in [0, 0.1) is 0 Å². The van der Waals surface area contributed by atoms with Crippen LogP contribution in [0.25, 0.3) is 11.3 Å². The molecule has 0 spiro atoms. The number of aromatic nitrogens is 1. The van der Waals surface area contributed by atoms with Crippen LogP contribution in [0.2, 0.25) is 0 Å². The third-order valence-electron chi connectivity index (χ3n) is 3.67. The molecule has 0 aliphatic carbocycles. The number of hydrogen-bond donors (Lipinski definition) is 1. The molecule has 1 unspecified atom stereocenters. The Morgan fingerprint density at radius 3 is 2.83 bits per heavy atom. The highest BCUT2D eigenvalue weighted by Gasteiger charge is 2.32. The van der Waals surface area contributed by atoms with Crippen LogP contribution in [0.15, 0.2) is 23.6 Å². The fourth-order valence-corrected chi connectivity index (χ4v) is 4.91. The number of benzene rings is 1. The monoisotopic (exact) mass is 351 g/mol. The van der Waals surface area contributed by atoms with E-state index >= 15 is 0 Å². The van der Waals surface area contributed by atoms with Crippen LogP contribution >= 0.6 is 11.3 Å². The topological polar surface area (TPSA) is 79.4 Å². The van der Waals surface area contributed by atoms with E-state index in [0.29, 0.717) is 11.6 Å². The molecule has 0 saturated carbocycles. The Labute approximate surface area is 139 Å². The van der Waals surface area contributed by atoms with Gasteiger partial charge in [0.2, 0.25) is 15.9 Å². The smallest absolute Gasteiger partial charge is 0.232 e. The van der Waals surface area contributed by atoms with Crippen LogP contribution in [0.3, 0.4) is 0 Å². The summed E-state index contributed by atoms with van der Waals surface area (Å²) >= 11 is 1.36. The molecule has 0 bridgehead atoms. The van der Waals surface area contributed by atoms with Crippen molar-refractivity contribution in [3.63, 3.8) is 0 Å². The molecule has 1 amide bonds. The Morgan fingerprint density at radius 1 is 1.43 bits per heavy atom. The zero-order valence-electron chi connectivity index (χ0n) is 13.0. The van der Waals surface area contributed by atoms with Crippen molar-refractivity contribution in [2.24, 2.45) is 0 Å². The average molecular weight is 351 g/mol. The van der Waals surface area contributed by atoms with Gasteiger partial charge in [-0.25, -0.2) is 13.4 Å². The summed E-state index contributed by atoms with van der Waals surface area (Å²) in [6, 6.07) is 5.58. The van der Waals surface area contributed by atoms with Crippen molar-refractivity contribution in [3.8, 4) is 11.3 Å². The predicted octanol–water partition coefficient (Wildman–Crippen LogP) is 2.48. The minimum absolute atomic E-state index is 0.0828. The molecule has 1 atom stereocenters. The summed E-state index contributed by atoms with van der Waals surface area (Å²) in [4.78, 5) is 15.5. The van der Waals surface area contributed by atoms with Gasteiger partial charge in [-0.05, 0) is 31.0 Å². The number of carbonyl (C=O) groups is 1. The summed E-state index contributed by atoms with van der Waals surface area (Å²) in [5.74, 6) is -0.155. The molecule has 1 aliphatic heterocycles. The highest BCUT2D eigenvalue weighted by atomic mass is 32.2. The van der Waals surface area contributed by atoms with E-state index in [2.05, 4.69) is 10.3 Å². The van der Waals surface area contributed by atoms with Gasteiger partial charge in [0, 0.05) is 23.9 Å². The van der Waals surface area contributed by atoms with Gasteiger partial charge < -0.3 is 5.32 Å². The van der Waals surface area contributed by atoms with Gasteiger partial charge in [-0.2, -0.15) is 0 Å². The van der Waals surface area contributed by atoms with Crippen LogP contribution in [-0.4, -0.2) is 31.6 Å². The Hall–Kier alpha value is -1.93. The average Bonchev–Trinajstić information content (AvgIpc) is 2.99. The van der Waals surface area contributed by atoms with Crippen molar-refractivity contribution in [1.29, 1.82) is 0 Å². The number of anilines is 2. The molecule has 8 heteroatoms. The van der Waals surface area contributed by atoms with Gasteiger partial charge in [0.25, 0.3) is 0 Å². The summed E-state index contributed by atoms with van der Waals surface area (Å²) in [5.41, 5.74) is 3.42. The molecule has 122 valence electrons. The number of carbonyl (C=O) groups excluding carboxylic acids is 1. The molecule has 0 fully saturated rings. The molecular weight excluding hydrogens is 334 g/mol. The Kier molecular flexibility index (Phi) is 3.89. The minimum atomic E-state index is -3.28. The van der Waals surface area contributed by atoms with Gasteiger partial charge >= 0.3 is 0 Å². The number of nitrogens with zero attached hydrogens (tertiary/aromatic N) is 2. The van der Waals surface area contributed by atoms with Crippen molar-refractivity contribution in [1.82, 2.24) is 4.98 Å². The lowest BCUT2D eigenvalue weighted by molar-refractivity contribution is -0.114. The first-order valence-corrected chi connectivity index (χ1v) is 9.84. The highest BCUT2D eigenvalue weighted by Crippen LogP contribution is 2.37. The molecule has 2 aromatic rings. The lowest BCUT2D eigenvalue weighted by atomic mass is 10.1. The molecule has 6 nitrogen and oxygen atoms in total. The molecule has 3 rings (SSSR count). The van der Waals surface area contributed by atoms with Gasteiger partial charge in [-0.1, -0.05) is 6.07 Å².